The Morgan fingerprint density at radius 1 is 1.31 bits per heavy atom. The lowest BCUT2D eigenvalue weighted by Gasteiger charge is -2.23. The molecule has 5 heteroatoms. The number of rotatable bonds is 4. The molecule has 1 saturated heterocycles. The summed E-state index contributed by atoms with van der Waals surface area (Å²) in [5.41, 5.74) is 0. The van der Waals surface area contributed by atoms with Crippen LogP contribution in [0, 0.1) is 0 Å². The molecule has 2 amide bonds. The van der Waals surface area contributed by atoms with Gasteiger partial charge in [-0.1, -0.05) is 0 Å². The second-order valence-electron chi connectivity index (χ2n) is 4.47. The van der Waals surface area contributed by atoms with Crippen molar-refractivity contribution in [1.82, 2.24) is 10.2 Å². The zero-order valence-corrected chi connectivity index (χ0v) is 10.0. The van der Waals surface area contributed by atoms with Gasteiger partial charge in [0.2, 0.25) is 11.8 Å². The van der Waals surface area contributed by atoms with Crippen LogP contribution in [0.1, 0.15) is 32.1 Å². The van der Waals surface area contributed by atoms with Crippen LogP contribution in [0.25, 0.3) is 0 Å². The molecule has 0 radical (unpaired) electrons. The molecule has 2 aliphatic rings. The van der Waals surface area contributed by atoms with Crippen LogP contribution in [-0.2, 0) is 9.59 Å². The molecule has 1 atom stereocenters. The first-order chi connectivity index (χ1) is 7.72. The Hall–Kier alpha value is -0.770. The molecule has 1 aliphatic heterocycles. The standard InChI is InChI=1S/C11H17ClN2O2/c12-6-5-10(15)14-7-1-2-9(14)11(16)13-8-3-4-8/h8-9H,1-7H2,(H,13,16). The Morgan fingerprint density at radius 3 is 2.69 bits per heavy atom. The molecular weight excluding hydrogens is 228 g/mol. The fraction of sp³-hybridized carbons (Fsp3) is 0.818. The maximum atomic E-state index is 11.9. The molecule has 0 aromatic rings. The number of amides is 2. The predicted molar refractivity (Wildman–Crippen MR) is 61.2 cm³/mol. The quantitative estimate of drug-likeness (QED) is 0.747. The molecule has 1 unspecified atom stereocenters. The van der Waals surface area contributed by atoms with E-state index in [0.29, 0.717) is 24.9 Å². The second-order valence-corrected chi connectivity index (χ2v) is 4.84. The van der Waals surface area contributed by atoms with Gasteiger partial charge in [-0.3, -0.25) is 9.59 Å². The summed E-state index contributed by atoms with van der Waals surface area (Å²) in [5, 5.41) is 2.96. The number of halogens is 1. The van der Waals surface area contributed by atoms with E-state index < -0.39 is 0 Å². The highest BCUT2D eigenvalue weighted by Crippen LogP contribution is 2.22. The van der Waals surface area contributed by atoms with Crippen LogP contribution in [0.4, 0.5) is 0 Å². The first-order valence-electron chi connectivity index (χ1n) is 5.88. The van der Waals surface area contributed by atoms with Crippen LogP contribution in [-0.4, -0.2) is 41.2 Å². The number of nitrogens with zero attached hydrogens (tertiary/aromatic N) is 1. The normalized spacial score (nSPS) is 24.6. The van der Waals surface area contributed by atoms with Crippen LogP contribution >= 0.6 is 11.6 Å². The van der Waals surface area contributed by atoms with Crippen molar-refractivity contribution in [3.63, 3.8) is 0 Å². The largest absolute Gasteiger partial charge is 0.352 e. The monoisotopic (exact) mass is 244 g/mol. The maximum Gasteiger partial charge on any atom is 0.243 e. The van der Waals surface area contributed by atoms with Crippen LogP contribution in [0.3, 0.4) is 0 Å². The van der Waals surface area contributed by atoms with Gasteiger partial charge in [-0.05, 0) is 25.7 Å². The average Bonchev–Trinajstić information content (AvgIpc) is 2.93. The third-order valence-electron chi connectivity index (χ3n) is 3.11. The number of carbonyl (C=O) groups is 2. The minimum absolute atomic E-state index is 0.00319. The fourth-order valence-electron chi connectivity index (χ4n) is 2.09. The summed E-state index contributed by atoms with van der Waals surface area (Å²) >= 11 is 5.55. The molecule has 1 aliphatic carbocycles. The molecule has 90 valence electrons. The Balaban J connectivity index is 1.90. The third-order valence-corrected chi connectivity index (χ3v) is 3.30. The van der Waals surface area contributed by atoms with Gasteiger partial charge in [-0.25, -0.2) is 0 Å². The lowest BCUT2D eigenvalue weighted by atomic mass is 10.2. The van der Waals surface area contributed by atoms with E-state index in [1.165, 1.54) is 0 Å². The topological polar surface area (TPSA) is 49.4 Å². The molecule has 0 spiro atoms. The molecule has 1 heterocycles. The molecule has 0 aromatic heterocycles. The van der Waals surface area contributed by atoms with Crippen molar-refractivity contribution in [1.29, 1.82) is 0 Å². The van der Waals surface area contributed by atoms with E-state index in [0.717, 1.165) is 25.7 Å². The predicted octanol–water partition coefficient (Wildman–Crippen LogP) is 0.885. The summed E-state index contributed by atoms with van der Waals surface area (Å²) in [6, 6.07) is 0.106. The molecule has 0 aromatic carbocycles. The SMILES string of the molecule is O=C(NC1CC1)C1CCCN1C(=O)CCCl. The lowest BCUT2D eigenvalue weighted by molar-refractivity contribution is -0.138. The van der Waals surface area contributed by atoms with Gasteiger partial charge in [0.1, 0.15) is 6.04 Å². The highest BCUT2D eigenvalue weighted by atomic mass is 35.5. The van der Waals surface area contributed by atoms with E-state index in [4.69, 9.17) is 11.6 Å². The number of alkyl halides is 1. The van der Waals surface area contributed by atoms with Crippen molar-refractivity contribution in [2.75, 3.05) is 12.4 Å². The van der Waals surface area contributed by atoms with E-state index in [1.54, 1.807) is 4.90 Å². The van der Waals surface area contributed by atoms with Crippen LogP contribution in [0.2, 0.25) is 0 Å². The van der Waals surface area contributed by atoms with Crippen molar-refractivity contribution >= 4 is 23.4 Å². The van der Waals surface area contributed by atoms with Gasteiger partial charge >= 0.3 is 0 Å². The number of nitrogens with one attached hydrogen (secondary N) is 1. The Labute approximate surface area is 100 Å². The third kappa shape index (κ3) is 2.67. The van der Waals surface area contributed by atoms with Gasteiger partial charge in [0.15, 0.2) is 0 Å². The van der Waals surface area contributed by atoms with Crippen molar-refractivity contribution in [2.24, 2.45) is 0 Å². The van der Waals surface area contributed by atoms with Crippen molar-refractivity contribution in [2.45, 2.75) is 44.2 Å². The van der Waals surface area contributed by atoms with Gasteiger partial charge in [0.25, 0.3) is 0 Å². The van der Waals surface area contributed by atoms with Gasteiger partial charge in [0.05, 0.1) is 0 Å². The molecule has 16 heavy (non-hydrogen) atoms. The fourth-order valence-corrected chi connectivity index (χ4v) is 2.25. The summed E-state index contributed by atoms with van der Waals surface area (Å²) in [7, 11) is 0. The minimum atomic E-state index is -0.253. The smallest absolute Gasteiger partial charge is 0.243 e. The summed E-state index contributed by atoms with van der Waals surface area (Å²) in [5.74, 6) is 0.345. The molecular formula is C11H17ClN2O2. The van der Waals surface area contributed by atoms with Gasteiger partial charge in [-0.2, -0.15) is 0 Å². The van der Waals surface area contributed by atoms with E-state index in [2.05, 4.69) is 5.32 Å². The molecule has 2 rings (SSSR count). The van der Waals surface area contributed by atoms with Crippen molar-refractivity contribution < 1.29 is 9.59 Å². The van der Waals surface area contributed by atoms with E-state index in [-0.39, 0.29) is 17.9 Å². The number of hydrogen-bond donors (Lipinski definition) is 1. The number of likely N-dealkylation sites (tertiary alicyclic amines) is 1. The molecule has 1 N–H and O–H groups in total. The van der Waals surface area contributed by atoms with Crippen LogP contribution in [0.5, 0.6) is 0 Å². The highest BCUT2D eigenvalue weighted by molar-refractivity contribution is 6.19. The summed E-state index contributed by atoms with van der Waals surface area (Å²) < 4.78 is 0. The molecule has 2 fully saturated rings. The summed E-state index contributed by atoms with van der Waals surface area (Å²) in [6.45, 7) is 0.693. The maximum absolute atomic E-state index is 11.9. The zero-order chi connectivity index (χ0) is 11.5. The summed E-state index contributed by atoms with van der Waals surface area (Å²) in [6.07, 6.45) is 4.18. The Bertz CT molecular complexity index is 292. The summed E-state index contributed by atoms with van der Waals surface area (Å²) in [4.78, 5) is 25.3. The Kier molecular flexibility index (Phi) is 3.69. The molecule has 1 saturated carbocycles. The van der Waals surface area contributed by atoms with E-state index in [1.807, 2.05) is 0 Å². The number of hydrogen-bond acceptors (Lipinski definition) is 2. The second kappa shape index (κ2) is 5.04. The highest BCUT2D eigenvalue weighted by Gasteiger charge is 2.35. The first-order valence-corrected chi connectivity index (χ1v) is 6.41. The average molecular weight is 245 g/mol. The van der Waals surface area contributed by atoms with Gasteiger partial charge < -0.3 is 10.2 Å². The van der Waals surface area contributed by atoms with E-state index >= 15 is 0 Å². The van der Waals surface area contributed by atoms with Crippen LogP contribution in [0.15, 0.2) is 0 Å². The van der Waals surface area contributed by atoms with Gasteiger partial charge in [-0.15, -0.1) is 11.6 Å². The van der Waals surface area contributed by atoms with Crippen molar-refractivity contribution in [3.05, 3.63) is 0 Å². The molecule has 0 bridgehead atoms. The number of carbonyl (C=O) groups excluding carboxylic acids is 2. The van der Waals surface area contributed by atoms with Gasteiger partial charge in [0, 0.05) is 24.9 Å². The first kappa shape index (κ1) is 11.7. The van der Waals surface area contributed by atoms with E-state index in [9.17, 15) is 9.59 Å². The lowest BCUT2D eigenvalue weighted by Crippen LogP contribution is -2.46. The molecule has 4 nitrogen and oxygen atoms in total. The zero-order valence-electron chi connectivity index (χ0n) is 9.25. The minimum Gasteiger partial charge on any atom is -0.352 e. The van der Waals surface area contributed by atoms with Crippen LogP contribution < -0.4 is 5.32 Å². The Morgan fingerprint density at radius 2 is 2.06 bits per heavy atom. The van der Waals surface area contributed by atoms with Crippen molar-refractivity contribution in [3.8, 4) is 0 Å².